The SMILES string of the molecule is COCCCNC(=O)Cn1c(=O)c2ccccc2n(C)c1=O. The normalized spacial score (nSPS) is 10.8. The average molecular weight is 305 g/mol. The van der Waals surface area contributed by atoms with Crippen LogP contribution in [-0.4, -0.2) is 35.3 Å². The molecule has 0 spiro atoms. The Kier molecular flexibility index (Phi) is 5.11. The maximum absolute atomic E-state index is 12.4. The fourth-order valence-electron chi connectivity index (χ4n) is 2.25. The lowest BCUT2D eigenvalue weighted by Crippen LogP contribution is -2.43. The van der Waals surface area contributed by atoms with Crippen LogP contribution in [0.15, 0.2) is 33.9 Å². The van der Waals surface area contributed by atoms with Crippen LogP contribution in [0.3, 0.4) is 0 Å². The molecule has 2 rings (SSSR count). The Labute approximate surface area is 127 Å². The molecule has 7 heteroatoms. The first-order valence-corrected chi connectivity index (χ1v) is 7.00. The van der Waals surface area contributed by atoms with E-state index in [0.29, 0.717) is 30.5 Å². The molecule has 0 aliphatic carbocycles. The van der Waals surface area contributed by atoms with Crippen LogP contribution in [0.25, 0.3) is 10.9 Å². The summed E-state index contributed by atoms with van der Waals surface area (Å²) >= 11 is 0. The molecule has 0 aliphatic rings. The van der Waals surface area contributed by atoms with Crippen molar-refractivity contribution in [3.63, 3.8) is 0 Å². The monoisotopic (exact) mass is 305 g/mol. The van der Waals surface area contributed by atoms with Gasteiger partial charge in [0.2, 0.25) is 5.91 Å². The van der Waals surface area contributed by atoms with E-state index in [1.807, 2.05) is 0 Å². The quantitative estimate of drug-likeness (QED) is 0.753. The van der Waals surface area contributed by atoms with Crippen LogP contribution in [-0.2, 0) is 23.1 Å². The summed E-state index contributed by atoms with van der Waals surface area (Å²) < 4.78 is 7.21. The fourth-order valence-corrected chi connectivity index (χ4v) is 2.25. The third-order valence-electron chi connectivity index (χ3n) is 3.41. The summed E-state index contributed by atoms with van der Waals surface area (Å²) in [5, 5.41) is 3.07. The molecule has 7 nitrogen and oxygen atoms in total. The molecule has 0 saturated carbocycles. The number of fused-ring (bicyclic) bond motifs is 1. The van der Waals surface area contributed by atoms with Gasteiger partial charge in [0, 0.05) is 27.3 Å². The van der Waals surface area contributed by atoms with Gasteiger partial charge in [-0.2, -0.15) is 0 Å². The Morgan fingerprint density at radius 2 is 2.00 bits per heavy atom. The lowest BCUT2D eigenvalue weighted by atomic mass is 10.2. The van der Waals surface area contributed by atoms with Gasteiger partial charge in [0.1, 0.15) is 6.54 Å². The van der Waals surface area contributed by atoms with Crippen molar-refractivity contribution in [2.75, 3.05) is 20.3 Å². The second-order valence-electron chi connectivity index (χ2n) is 4.95. The van der Waals surface area contributed by atoms with E-state index in [9.17, 15) is 14.4 Å². The van der Waals surface area contributed by atoms with E-state index < -0.39 is 11.2 Å². The molecule has 0 radical (unpaired) electrons. The molecule has 0 fully saturated rings. The van der Waals surface area contributed by atoms with Gasteiger partial charge < -0.3 is 10.1 Å². The van der Waals surface area contributed by atoms with E-state index in [-0.39, 0.29) is 12.5 Å². The standard InChI is InChI=1S/C15H19N3O4/c1-17-12-7-4-3-6-11(12)14(20)18(15(17)21)10-13(19)16-8-5-9-22-2/h3-4,6-7H,5,8-10H2,1-2H3,(H,16,19). The number of nitrogens with one attached hydrogen (secondary N) is 1. The van der Waals surface area contributed by atoms with E-state index >= 15 is 0 Å². The first kappa shape index (κ1) is 16.0. The lowest BCUT2D eigenvalue weighted by molar-refractivity contribution is -0.121. The maximum Gasteiger partial charge on any atom is 0.331 e. The molecule has 1 aromatic heterocycles. The van der Waals surface area contributed by atoms with Crippen molar-refractivity contribution in [1.29, 1.82) is 0 Å². The highest BCUT2D eigenvalue weighted by Crippen LogP contribution is 2.05. The van der Waals surface area contributed by atoms with E-state index in [1.54, 1.807) is 38.4 Å². The minimum absolute atomic E-state index is 0.288. The Balaban J connectivity index is 2.27. The summed E-state index contributed by atoms with van der Waals surface area (Å²) in [6.07, 6.45) is 0.673. The van der Waals surface area contributed by atoms with Crippen LogP contribution in [0, 0.1) is 0 Å². The van der Waals surface area contributed by atoms with E-state index in [2.05, 4.69) is 5.32 Å². The molecule has 2 aromatic rings. The van der Waals surface area contributed by atoms with Crippen LogP contribution < -0.4 is 16.6 Å². The van der Waals surface area contributed by atoms with Crippen LogP contribution in [0.2, 0.25) is 0 Å². The summed E-state index contributed by atoms with van der Waals surface area (Å²) in [6.45, 7) is 0.691. The number of aromatic nitrogens is 2. The summed E-state index contributed by atoms with van der Waals surface area (Å²) in [5.41, 5.74) is -0.407. The van der Waals surface area contributed by atoms with Crippen molar-refractivity contribution in [3.8, 4) is 0 Å². The smallest absolute Gasteiger partial charge is 0.331 e. The van der Waals surface area contributed by atoms with Crippen LogP contribution in [0.4, 0.5) is 0 Å². The van der Waals surface area contributed by atoms with Crippen LogP contribution >= 0.6 is 0 Å². The highest BCUT2D eigenvalue weighted by atomic mass is 16.5. The number of benzene rings is 1. The second kappa shape index (κ2) is 7.04. The van der Waals surface area contributed by atoms with Gasteiger partial charge in [-0.3, -0.25) is 18.7 Å². The first-order chi connectivity index (χ1) is 10.6. The average Bonchev–Trinajstić information content (AvgIpc) is 2.53. The van der Waals surface area contributed by atoms with Gasteiger partial charge in [0.25, 0.3) is 5.56 Å². The number of rotatable bonds is 6. The first-order valence-electron chi connectivity index (χ1n) is 7.00. The number of carbonyl (C=O) groups excluding carboxylic acids is 1. The zero-order valence-electron chi connectivity index (χ0n) is 12.7. The number of hydrogen-bond donors (Lipinski definition) is 1. The predicted molar refractivity (Wildman–Crippen MR) is 83.0 cm³/mol. The van der Waals surface area contributed by atoms with Crippen molar-refractivity contribution >= 4 is 16.8 Å². The van der Waals surface area contributed by atoms with Gasteiger partial charge in [0.05, 0.1) is 10.9 Å². The third kappa shape index (κ3) is 3.25. The third-order valence-corrected chi connectivity index (χ3v) is 3.41. The van der Waals surface area contributed by atoms with Crippen LogP contribution in [0.1, 0.15) is 6.42 Å². The van der Waals surface area contributed by atoms with Gasteiger partial charge in [-0.15, -0.1) is 0 Å². The number of carbonyl (C=O) groups is 1. The highest BCUT2D eigenvalue weighted by molar-refractivity contribution is 5.79. The topological polar surface area (TPSA) is 82.3 Å². The van der Waals surface area contributed by atoms with E-state index in [1.165, 1.54) is 4.57 Å². The molecular weight excluding hydrogens is 286 g/mol. The zero-order chi connectivity index (χ0) is 16.1. The zero-order valence-corrected chi connectivity index (χ0v) is 12.7. The number of amides is 1. The predicted octanol–water partition coefficient (Wildman–Crippen LogP) is -0.147. The summed E-state index contributed by atoms with van der Waals surface area (Å²) in [6, 6.07) is 6.83. The molecule has 22 heavy (non-hydrogen) atoms. The fraction of sp³-hybridized carbons (Fsp3) is 0.400. The molecule has 118 valence electrons. The van der Waals surface area contributed by atoms with E-state index in [4.69, 9.17) is 4.74 Å². The molecule has 1 heterocycles. The molecule has 1 aromatic carbocycles. The number of para-hydroxylation sites is 1. The Morgan fingerprint density at radius 1 is 1.27 bits per heavy atom. The molecule has 0 atom stereocenters. The molecule has 0 saturated heterocycles. The van der Waals surface area contributed by atoms with Crippen molar-refractivity contribution in [3.05, 3.63) is 45.1 Å². The number of hydrogen-bond acceptors (Lipinski definition) is 4. The molecule has 1 amide bonds. The molecular formula is C15H19N3O4. The molecule has 0 unspecified atom stereocenters. The van der Waals surface area contributed by atoms with Crippen molar-refractivity contribution in [2.24, 2.45) is 7.05 Å². The number of methoxy groups -OCH3 is 1. The summed E-state index contributed by atoms with van der Waals surface area (Å²) in [5.74, 6) is -0.370. The number of nitrogens with zero attached hydrogens (tertiary/aromatic N) is 2. The maximum atomic E-state index is 12.4. The molecule has 0 bridgehead atoms. The van der Waals surface area contributed by atoms with Gasteiger partial charge in [-0.05, 0) is 18.6 Å². The number of aryl methyl sites for hydroxylation is 1. The van der Waals surface area contributed by atoms with Gasteiger partial charge in [-0.25, -0.2) is 4.79 Å². The Bertz CT molecular complexity index is 791. The van der Waals surface area contributed by atoms with Gasteiger partial charge >= 0.3 is 5.69 Å². The minimum Gasteiger partial charge on any atom is -0.385 e. The molecule has 0 aliphatic heterocycles. The second-order valence-corrected chi connectivity index (χ2v) is 4.95. The van der Waals surface area contributed by atoms with E-state index in [0.717, 1.165) is 4.57 Å². The van der Waals surface area contributed by atoms with Crippen molar-refractivity contribution < 1.29 is 9.53 Å². The highest BCUT2D eigenvalue weighted by Gasteiger charge is 2.13. The molecule has 1 N–H and O–H groups in total. The van der Waals surface area contributed by atoms with Gasteiger partial charge in [0.15, 0.2) is 0 Å². The largest absolute Gasteiger partial charge is 0.385 e. The number of ether oxygens (including phenoxy) is 1. The Hall–Kier alpha value is -2.41. The minimum atomic E-state index is -0.504. The Morgan fingerprint density at radius 3 is 2.73 bits per heavy atom. The summed E-state index contributed by atoms with van der Waals surface area (Å²) in [7, 11) is 3.16. The van der Waals surface area contributed by atoms with Gasteiger partial charge in [-0.1, -0.05) is 12.1 Å². The lowest BCUT2D eigenvalue weighted by Gasteiger charge is -2.10. The van der Waals surface area contributed by atoms with Crippen molar-refractivity contribution in [2.45, 2.75) is 13.0 Å². The van der Waals surface area contributed by atoms with Crippen LogP contribution in [0.5, 0.6) is 0 Å². The summed E-state index contributed by atoms with van der Waals surface area (Å²) in [4.78, 5) is 36.5. The van der Waals surface area contributed by atoms with Crippen molar-refractivity contribution in [1.82, 2.24) is 14.5 Å².